The molecule has 1 aromatic carbocycles. The van der Waals surface area contributed by atoms with Crippen molar-refractivity contribution in [1.82, 2.24) is 4.90 Å². The van der Waals surface area contributed by atoms with Crippen LogP contribution < -0.4 is 5.73 Å². The smallest absolute Gasteiger partial charge is 0.331 e. The van der Waals surface area contributed by atoms with Crippen molar-refractivity contribution in [2.75, 3.05) is 38.2 Å². The number of methoxy groups -OCH3 is 1. The number of carbonyl (C=O) groups excluding carboxylic acids is 1. The molecule has 1 atom stereocenters. The van der Waals surface area contributed by atoms with E-state index in [0.29, 0.717) is 18.7 Å². The monoisotopic (exact) mass is 312 g/mol. The van der Waals surface area contributed by atoms with Gasteiger partial charge < -0.3 is 10.5 Å². The van der Waals surface area contributed by atoms with E-state index in [1.54, 1.807) is 24.3 Å². The maximum atomic E-state index is 12.1. The van der Waals surface area contributed by atoms with Gasteiger partial charge in [0.1, 0.15) is 0 Å². The van der Waals surface area contributed by atoms with Crippen molar-refractivity contribution in [2.45, 2.75) is 5.54 Å². The van der Waals surface area contributed by atoms with E-state index < -0.39 is 21.3 Å². The molecule has 0 spiro atoms. The van der Waals surface area contributed by atoms with E-state index in [1.807, 2.05) is 11.0 Å². The molecule has 0 bridgehead atoms. The second-order valence-electron chi connectivity index (χ2n) is 5.26. The number of carbonyl (C=O) groups is 1. The quantitative estimate of drug-likeness (QED) is 0.771. The third-order valence-corrected chi connectivity index (χ3v) is 5.36. The summed E-state index contributed by atoms with van der Waals surface area (Å²) >= 11 is 0. The van der Waals surface area contributed by atoms with E-state index in [2.05, 4.69) is 0 Å². The number of esters is 1. The Hall–Kier alpha value is -1.44. The van der Waals surface area contributed by atoms with Crippen molar-refractivity contribution in [3.63, 3.8) is 0 Å². The highest BCUT2D eigenvalue weighted by atomic mass is 32.2. The Morgan fingerprint density at radius 2 is 1.86 bits per heavy atom. The Kier molecular flexibility index (Phi) is 4.65. The molecule has 0 aliphatic carbocycles. The molecule has 1 heterocycles. The normalized spacial score (nSPS) is 21.4. The highest BCUT2D eigenvalue weighted by Crippen LogP contribution is 2.22. The largest absolute Gasteiger partial charge is 0.467 e. The summed E-state index contributed by atoms with van der Waals surface area (Å²) in [5.74, 6) is -0.333. The number of rotatable bonds is 4. The van der Waals surface area contributed by atoms with Gasteiger partial charge in [-0.1, -0.05) is 30.3 Å². The Balaban J connectivity index is 2.20. The molecule has 116 valence electrons. The van der Waals surface area contributed by atoms with E-state index in [-0.39, 0.29) is 18.1 Å². The molecule has 6 nitrogen and oxygen atoms in total. The first-order valence-electron chi connectivity index (χ1n) is 6.73. The molecular weight excluding hydrogens is 292 g/mol. The van der Waals surface area contributed by atoms with Gasteiger partial charge in [0, 0.05) is 19.6 Å². The molecule has 0 radical (unpaired) electrons. The van der Waals surface area contributed by atoms with Gasteiger partial charge >= 0.3 is 5.97 Å². The molecule has 1 aliphatic rings. The second kappa shape index (κ2) is 6.13. The van der Waals surface area contributed by atoms with Crippen LogP contribution in [0.5, 0.6) is 0 Å². The van der Waals surface area contributed by atoms with Crippen molar-refractivity contribution in [2.24, 2.45) is 5.73 Å². The zero-order chi connectivity index (χ0) is 15.5. The molecule has 1 fully saturated rings. The Bertz CT molecular complexity index is 589. The number of sulfone groups is 1. The molecule has 7 heteroatoms. The van der Waals surface area contributed by atoms with Gasteiger partial charge in [-0.3, -0.25) is 4.90 Å². The average Bonchev–Trinajstić information content (AvgIpc) is 2.49. The van der Waals surface area contributed by atoms with Gasteiger partial charge in [-0.05, 0) is 5.56 Å². The molecule has 2 N–H and O–H groups in total. The van der Waals surface area contributed by atoms with E-state index in [0.717, 1.165) is 0 Å². The zero-order valence-electron chi connectivity index (χ0n) is 12.0. The lowest BCUT2D eigenvalue weighted by Crippen LogP contribution is -2.56. The summed E-state index contributed by atoms with van der Waals surface area (Å²) in [6, 6.07) is 9.00. The number of hydrogen-bond donors (Lipinski definition) is 1. The van der Waals surface area contributed by atoms with Gasteiger partial charge in [0.05, 0.1) is 18.6 Å². The van der Waals surface area contributed by atoms with Crippen LogP contribution in [0.4, 0.5) is 0 Å². The lowest BCUT2D eigenvalue weighted by Gasteiger charge is -2.35. The van der Waals surface area contributed by atoms with Crippen molar-refractivity contribution < 1.29 is 17.9 Å². The molecule has 1 aliphatic heterocycles. The molecule has 1 saturated heterocycles. The zero-order valence-corrected chi connectivity index (χ0v) is 12.8. The van der Waals surface area contributed by atoms with Crippen LogP contribution in [-0.4, -0.2) is 57.5 Å². The fourth-order valence-corrected chi connectivity index (χ4v) is 3.73. The highest BCUT2D eigenvalue weighted by Gasteiger charge is 2.40. The molecule has 21 heavy (non-hydrogen) atoms. The first-order valence-corrected chi connectivity index (χ1v) is 8.55. The van der Waals surface area contributed by atoms with Crippen LogP contribution in [0.3, 0.4) is 0 Å². The molecule has 1 unspecified atom stereocenters. The summed E-state index contributed by atoms with van der Waals surface area (Å²) < 4.78 is 27.8. The van der Waals surface area contributed by atoms with Crippen LogP contribution in [0.15, 0.2) is 30.3 Å². The summed E-state index contributed by atoms with van der Waals surface area (Å²) in [6.45, 7) is 0.995. The topological polar surface area (TPSA) is 89.7 Å². The summed E-state index contributed by atoms with van der Waals surface area (Å²) in [5, 5.41) is 0. The number of ether oxygens (including phenoxy) is 1. The first-order chi connectivity index (χ1) is 9.87. The predicted octanol–water partition coefficient (Wildman–Crippen LogP) is -0.256. The van der Waals surface area contributed by atoms with Gasteiger partial charge in [0.15, 0.2) is 15.4 Å². The van der Waals surface area contributed by atoms with Crippen LogP contribution in [0.1, 0.15) is 5.56 Å². The number of hydrogen-bond acceptors (Lipinski definition) is 6. The van der Waals surface area contributed by atoms with E-state index >= 15 is 0 Å². The minimum atomic E-state index is -2.96. The van der Waals surface area contributed by atoms with Crippen molar-refractivity contribution in [3.8, 4) is 0 Å². The minimum Gasteiger partial charge on any atom is -0.467 e. The fourth-order valence-electron chi connectivity index (χ4n) is 2.45. The van der Waals surface area contributed by atoms with E-state index in [1.165, 1.54) is 7.11 Å². The molecule has 0 saturated carbocycles. The van der Waals surface area contributed by atoms with Gasteiger partial charge in [0.25, 0.3) is 0 Å². The van der Waals surface area contributed by atoms with Gasteiger partial charge in [0.2, 0.25) is 0 Å². The SMILES string of the molecule is COC(=O)C(N)(CN1CCS(=O)(=O)CC1)c1ccccc1. The van der Waals surface area contributed by atoms with Crippen LogP contribution in [-0.2, 0) is 24.9 Å². The number of benzene rings is 1. The van der Waals surface area contributed by atoms with E-state index in [4.69, 9.17) is 10.5 Å². The van der Waals surface area contributed by atoms with Crippen molar-refractivity contribution >= 4 is 15.8 Å². The van der Waals surface area contributed by atoms with Gasteiger partial charge in [-0.25, -0.2) is 13.2 Å². The Labute approximate surface area is 124 Å². The second-order valence-corrected chi connectivity index (χ2v) is 7.56. The van der Waals surface area contributed by atoms with Crippen molar-refractivity contribution in [3.05, 3.63) is 35.9 Å². The minimum absolute atomic E-state index is 0.0963. The molecular formula is C14H20N2O4S. The van der Waals surface area contributed by atoms with Crippen LogP contribution in [0.2, 0.25) is 0 Å². The van der Waals surface area contributed by atoms with Gasteiger partial charge in [-0.2, -0.15) is 0 Å². The number of nitrogens with zero attached hydrogens (tertiary/aromatic N) is 1. The summed E-state index contributed by atoms with van der Waals surface area (Å²) in [5.41, 5.74) is 5.67. The van der Waals surface area contributed by atoms with Crippen LogP contribution in [0.25, 0.3) is 0 Å². The Morgan fingerprint density at radius 1 is 1.29 bits per heavy atom. The molecule has 1 aromatic rings. The lowest BCUT2D eigenvalue weighted by atomic mass is 9.90. The van der Waals surface area contributed by atoms with Crippen LogP contribution >= 0.6 is 0 Å². The summed E-state index contributed by atoms with van der Waals surface area (Å²) in [7, 11) is -1.66. The first kappa shape index (κ1) is 15.9. The standard InChI is InChI=1S/C14H20N2O4S/c1-20-13(17)14(15,12-5-3-2-4-6-12)11-16-7-9-21(18,19)10-8-16/h2-6H,7-11,15H2,1H3. The lowest BCUT2D eigenvalue weighted by molar-refractivity contribution is -0.148. The van der Waals surface area contributed by atoms with Gasteiger partial charge in [-0.15, -0.1) is 0 Å². The Morgan fingerprint density at radius 3 is 2.38 bits per heavy atom. The summed E-state index contributed by atoms with van der Waals surface area (Å²) in [4.78, 5) is 14.0. The molecule has 0 amide bonds. The van der Waals surface area contributed by atoms with Crippen molar-refractivity contribution in [1.29, 1.82) is 0 Å². The maximum absolute atomic E-state index is 12.1. The van der Waals surface area contributed by atoms with E-state index in [9.17, 15) is 13.2 Å². The summed E-state index contributed by atoms with van der Waals surface area (Å²) in [6.07, 6.45) is 0. The highest BCUT2D eigenvalue weighted by molar-refractivity contribution is 7.91. The third-order valence-electron chi connectivity index (χ3n) is 3.75. The fraction of sp³-hybridized carbons (Fsp3) is 0.500. The van der Waals surface area contributed by atoms with Crippen LogP contribution in [0, 0.1) is 0 Å². The molecule has 0 aromatic heterocycles. The average molecular weight is 312 g/mol. The maximum Gasteiger partial charge on any atom is 0.331 e. The third kappa shape index (κ3) is 3.61. The molecule has 2 rings (SSSR count). The predicted molar refractivity (Wildman–Crippen MR) is 79.4 cm³/mol. The number of nitrogens with two attached hydrogens (primary N) is 1.